The predicted octanol–water partition coefficient (Wildman–Crippen LogP) is 1.45. The molecule has 1 aliphatic carbocycles. The number of methoxy groups -OCH3 is 1. The Morgan fingerprint density at radius 2 is 2.38 bits per heavy atom. The van der Waals surface area contributed by atoms with Crippen LogP contribution in [0.3, 0.4) is 0 Å². The van der Waals surface area contributed by atoms with Crippen molar-refractivity contribution in [1.82, 2.24) is 5.32 Å². The molecule has 3 nitrogen and oxygen atoms in total. The molecule has 13 heavy (non-hydrogen) atoms. The standard InChI is InChI=1S/C10H18N2O/c1-13-10-6-4-5-9(10)12-8-3-2-7-11/h9-10,12H,2-6,8H2,1H3. The fourth-order valence-electron chi connectivity index (χ4n) is 1.90. The first-order valence-corrected chi connectivity index (χ1v) is 5.01. The molecule has 1 rings (SSSR count). The number of nitriles is 1. The number of rotatable bonds is 5. The maximum atomic E-state index is 8.35. The molecule has 74 valence electrons. The summed E-state index contributed by atoms with van der Waals surface area (Å²) in [7, 11) is 1.78. The first-order valence-electron chi connectivity index (χ1n) is 5.01. The molecule has 2 atom stereocenters. The van der Waals surface area contributed by atoms with Gasteiger partial charge in [-0.3, -0.25) is 0 Å². The minimum Gasteiger partial charge on any atom is -0.380 e. The third-order valence-corrected chi connectivity index (χ3v) is 2.63. The SMILES string of the molecule is COC1CCCC1NCCCC#N. The Morgan fingerprint density at radius 1 is 1.54 bits per heavy atom. The summed E-state index contributed by atoms with van der Waals surface area (Å²) in [4.78, 5) is 0. The van der Waals surface area contributed by atoms with Gasteiger partial charge >= 0.3 is 0 Å². The van der Waals surface area contributed by atoms with E-state index in [2.05, 4.69) is 11.4 Å². The summed E-state index contributed by atoms with van der Waals surface area (Å²) in [6, 6.07) is 2.66. The first kappa shape index (κ1) is 10.5. The van der Waals surface area contributed by atoms with Gasteiger partial charge in [0.25, 0.3) is 0 Å². The number of unbranched alkanes of at least 4 members (excludes halogenated alkanes) is 1. The van der Waals surface area contributed by atoms with E-state index in [1.54, 1.807) is 7.11 Å². The summed E-state index contributed by atoms with van der Waals surface area (Å²) in [5.41, 5.74) is 0. The Kier molecular flexibility index (Phi) is 4.81. The van der Waals surface area contributed by atoms with Crippen LogP contribution >= 0.6 is 0 Å². The molecule has 0 radical (unpaired) electrons. The number of nitrogens with zero attached hydrogens (tertiary/aromatic N) is 1. The maximum Gasteiger partial charge on any atom is 0.0724 e. The average molecular weight is 182 g/mol. The van der Waals surface area contributed by atoms with E-state index in [-0.39, 0.29) is 0 Å². The fraction of sp³-hybridized carbons (Fsp3) is 0.900. The van der Waals surface area contributed by atoms with Gasteiger partial charge in [-0.1, -0.05) is 0 Å². The zero-order valence-electron chi connectivity index (χ0n) is 8.25. The Morgan fingerprint density at radius 3 is 3.08 bits per heavy atom. The summed E-state index contributed by atoms with van der Waals surface area (Å²) >= 11 is 0. The smallest absolute Gasteiger partial charge is 0.0724 e. The van der Waals surface area contributed by atoms with Crippen molar-refractivity contribution in [2.75, 3.05) is 13.7 Å². The molecule has 0 heterocycles. The molecule has 1 saturated carbocycles. The highest BCUT2D eigenvalue weighted by Gasteiger charge is 2.25. The molecule has 1 N–H and O–H groups in total. The van der Waals surface area contributed by atoms with Gasteiger partial charge in [-0.2, -0.15) is 5.26 Å². The zero-order chi connectivity index (χ0) is 9.52. The molecular formula is C10H18N2O. The molecule has 0 bridgehead atoms. The summed E-state index contributed by atoms with van der Waals surface area (Å²) < 4.78 is 5.35. The molecule has 0 spiro atoms. The summed E-state index contributed by atoms with van der Waals surface area (Å²) in [5, 5.41) is 11.8. The lowest BCUT2D eigenvalue weighted by Crippen LogP contribution is -2.37. The number of hydrogen-bond donors (Lipinski definition) is 1. The second-order valence-electron chi connectivity index (χ2n) is 3.53. The molecule has 0 saturated heterocycles. The van der Waals surface area contributed by atoms with Crippen LogP contribution in [0.2, 0.25) is 0 Å². The van der Waals surface area contributed by atoms with Crippen LogP contribution in [0, 0.1) is 11.3 Å². The van der Waals surface area contributed by atoms with Crippen molar-refractivity contribution in [3.63, 3.8) is 0 Å². The number of hydrogen-bond acceptors (Lipinski definition) is 3. The summed E-state index contributed by atoms with van der Waals surface area (Å²) in [6.45, 7) is 0.943. The lowest BCUT2D eigenvalue weighted by molar-refractivity contribution is 0.0853. The second kappa shape index (κ2) is 5.95. The topological polar surface area (TPSA) is 45.0 Å². The van der Waals surface area contributed by atoms with Crippen LogP contribution in [-0.2, 0) is 4.74 Å². The third-order valence-electron chi connectivity index (χ3n) is 2.63. The minimum absolute atomic E-state index is 0.391. The fourth-order valence-corrected chi connectivity index (χ4v) is 1.90. The van der Waals surface area contributed by atoms with Crippen LogP contribution in [0.1, 0.15) is 32.1 Å². The largest absolute Gasteiger partial charge is 0.380 e. The van der Waals surface area contributed by atoms with E-state index in [1.165, 1.54) is 19.3 Å². The normalized spacial score (nSPS) is 27.4. The van der Waals surface area contributed by atoms with Gasteiger partial charge in [-0.15, -0.1) is 0 Å². The van der Waals surface area contributed by atoms with Gasteiger partial charge in [0.05, 0.1) is 12.2 Å². The first-order chi connectivity index (χ1) is 6.38. The summed E-state index contributed by atoms with van der Waals surface area (Å²) in [5.74, 6) is 0. The molecule has 0 aliphatic heterocycles. The van der Waals surface area contributed by atoms with Gasteiger partial charge in [-0.25, -0.2) is 0 Å². The van der Waals surface area contributed by atoms with E-state index < -0.39 is 0 Å². The molecule has 1 aliphatic rings. The highest BCUT2D eigenvalue weighted by Crippen LogP contribution is 2.21. The van der Waals surface area contributed by atoms with Crippen molar-refractivity contribution in [3.8, 4) is 6.07 Å². The second-order valence-corrected chi connectivity index (χ2v) is 3.53. The number of nitrogens with one attached hydrogen (secondary N) is 1. The van der Waals surface area contributed by atoms with Crippen LogP contribution in [0.4, 0.5) is 0 Å². The Bertz CT molecular complexity index is 176. The van der Waals surface area contributed by atoms with Crippen molar-refractivity contribution >= 4 is 0 Å². The molecule has 1 fully saturated rings. The lowest BCUT2D eigenvalue weighted by atomic mass is 10.2. The van der Waals surface area contributed by atoms with Crippen molar-refractivity contribution in [2.24, 2.45) is 0 Å². The third kappa shape index (κ3) is 3.33. The number of ether oxygens (including phenoxy) is 1. The zero-order valence-corrected chi connectivity index (χ0v) is 8.25. The van der Waals surface area contributed by atoms with Gasteiger partial charge in [-0.05, 0) is 32.2 Å². The molecule has 0 amide bonds. The van der Waals surface area contributed by atoms with E-state index in [0.717, 1.165) is 13.0 Å². The van der Waals surface area contributed by atoms with Gasteiger partial charge in [0.15, 0.2) is 0 Å². The van der Waals surface area contributed by atoms with Crippen LogP contribution < -0.4 is 5.32 Å². The van der Waals surface area contributed by atoms with E-state index in [0.29, 0.717) is 18.6 Å². The monoisotopic (exact) mass is 182 g/mol. The Hall–Kier alpha value is -0.590. The maximum absolute atomic E-state index is 8.35. The van der Waals surface area contributed by atoms with Crippen molar-refractivity contribution in [2.45, 2.75) is 44.2 Å². The highest BCUT2D eigenvalue weighted by molar-refractivity contribution is 4.84. The van der Waals surface area contributed by atoms with Gasteiger partial charge < -0.3 is 10.1 Å². The molecule has 0 aromatic heterocycles. The molecule has 2 unspecified atom stereocenters. The quantitative estimate of drug-likeness (QED) is 0.654. The molecular weight excluding hydrogens is 164 g/mol. The molecule has 3 heteroatoms. The predicted molar refractivity (Wildman–Crippen MR) is 51.3 cm³/mol. The molecule has 0 aromatic carbocycles. The van der Waals surface area contributed by atoms with E-state index in [1.807, 2.05) is 0 Å². The Labute approximate surface area is 80.1 Å². The van der Waals surface area contributed by atoms with Gasteiger partial charge in [0, 0.05) is 19.6 Å². The minimum atomic E-state index is 0.391. The Balaban J connectivity index is 2.10. The van der Waals surface area contributed by atoms with Crippen molar-refractivity contribution in [1.29, 1.82) is 5.26 Å². The van der Waals surface area contributed by atoms with Crippen LogP contribution in [0.25, 0.3) is 0 Å². The van der Waals surface area contributed by atoms with Crippen LogP contribution in [0.5, 0.6) is 0 Å². The van der Waals surface area contributed by atoms with Gasteiger partial charge in [0.2, 0.25) is 0 Å². The van der Waals surface area contributed by atoms with Gasteiger partial charge in [0.1, 0.15) is 0 Å². The van der Waals surface area contributed by atoms with E-state index in [9.17, 15) is 0 Å². The van der Waals surface area contributed by atoms with Crippen LogP contribution in [-0.4, -0.2) is 25.8 Å². The summed E-state index contributed by atoms with van der Waals surface area (Å²) in [6.07, 6.45) is 5.63. The molecule has 0 aromatic rings. The van der Waals surface area contributed by atoms with Crippen molar-refractivity contribution in [3.05, 3.63) is 0 Å². The van der Waals surface area contributed by atoms with E-state index in [4.69, 9.17) is 10.00 Å². The average Bonchev–Trinajstić information content (AvgIpc) is 2.60. The highest BCUT2D eigenvalue weighted by atomic mass is 16.5. The van der Waals surface area contributed by atoms with Crippen LogP contribution in [0.15, 0.2) is 0 Å². The lowest BCUT2D eigenvalue weighted by Gasteiger charge is -2.19. The van der Waals surface area contributed by atoms with E-state index >= 15 is 0 Å². The van der Waals surface area contributed by atoms with Crippen molar-refractivity contribution < 1.29 is 4.74 Å².